The average molecular weight is 292 g/mol. The Morgan fingerprint density at radius 1 is 1.47 bits per heavy atom. The first-order valence-corrected chi connectivity index (χ1v) is 7.14. The largest absolute Gasteiger partial charge is 0.353 e. The molecule has 0 aliphatic carbocycles. The summed E-state index contributed by atoms with van der Waals surface area (Å²) in [7, 11) is 0. The second-order valence-corrected chi connectivity index (χ2v) is 5.60. The lowest BCUT2D eigenvalue weighted by Gasteiger charge is -2.11. The van der Waals surface area contributed by atoms with Gasteiger partial charge in [0.15, 0.2) is 0 Å². The van der Waals surface area contributed by atoms with Crippen LogP contribution in [0.25, 0.3) is 0 Å². The molecule has 2 nitrogen and oxygen atoms in total. The van der Waals surface area contributed by atoms with Crippen molar-refractivity contribution >= 4 is 40.9 Å². The summed E-state index contributed by atoms with van der Waals surface area (Å²) in [6.07, 6.45) is 0.925. The molecule has 0 saturated carbocycles. The molecule has 5 heteroatoms. The summed E-state index contributed by atoms with van der Waals surface area (Å²) in [5.41, 5.74) is 0. The van der Waals surface area contributed by atoms with E-state index < -0.39 is 0 Å². The highest BCUT2D eigenvalue weighted by molar-refractivity contribution is 8.00. The molecule has 1 aromatic carbocycles. The van der Waals surface area contributed by atoms with Gasteiger partial charge in [-0.05, 0) is 31.5 Å². The Kier molecular flexibility index (Phi) is 6.17. The Bertz CT molecular complexity index is 398. The van der Waals surface area contributed by atoms with Gasteiger partial charge >= 0.3 is 0 Å². The topological polar surface area (TPSA) is 29.1 Å². The number of thioether (sulfide) groups is 1. The maximum absolute atomic E-state index is 11.6. The molecular formula is C12H15Cl2NOS. The predicted octanol–water partition coefficient (Wildman–Crippen LogP) is 4.00. The van der Waals surface area contributed by atoms with Crippen LogP contribution in [-0.4, -0.2) is 17.7 Å². The summed E-state index contributed by atoms with van der Waals surface area (Å²) < 4.78 is 0. The van der Waals surface area contributed by atoms with E-state index in [-0.39, 0.29) is 11.9 Å². The van der Waals surface area contributed by atoms with Crippen molar-refractivity contribution in [1.82, 2.24) is 5.32 Å². The quantitative estimate of drug-likeness (QED) is 0.831. The smallest absolute Gasteiger partial charge is 0.230 e. The van der Waals surface area contributed by atoms with Crippen molar-refractivity contribution in [2.24, 2.45) is 0 Å². The van der Waals surface area contributed by atoms with Crippen LogP contribution in [0.1, 0.15) is 20.3 Å². The van der Waals surface area contributed by atoms with Crippen LogP contribution in [-0.2, 0) is 4.79 Å². The van der Waals surface area contributed by atoms with Crippen LogP contribution in [0.5, 0.6) is 0 Å². The van der Waals surface area contributed by atoms with E-state index in [0.717, 1.165) is 11.3 Å². The summed E-state index contributed by atoms with van der Waals surface area (Å²) in [5.74, 6) is 0.366. The molecule has 0 unspecified atom stereocenters. The lowest BCUT2D eigenvalue weighted by molar-refractivity contribution is -0.119. The summed E-state index contributed by atoms with van der Waals surface area (Å²) >= 11 is 13.3. The minimum Gasteiger partial charge on any atom is -0.353 e. The molecule has 0 aliphatic heterocycles. The van der Waals surface area contributed by atoms with Gasteiger partial charge in [-0.3, -0.25) is 4.79 Å². The van der Waals surface area contributed by atoms with E-state index in [9.17, 15) is 4.79 Å². The number of hydrogen-bond acceptors (Lipinski definition) is 2. The molecule has 1 rings (SSSR count). The van der Waals surface area contributed by atoms with Crippen LogP contribution in [0.2, 0.25) is 10.0 Å². The van der Waals surface area contributed by atoms with Gasteiger partial charge in [-0.1, -0.05) is 30.1 Å². The molecule has 1 N–H and O–H groups in total. The number of carbonyl (C=O) groups excluding carboxylic acids is 1. The van der Waals surface area contributed by atoms with Crippen molar-refractivity contribution in [2.45, 2.75) is 31.2 Å². The third-order valence-corrected chi connectivity index (χ3v) is 4.00. The van der Waals surface area contributed by atoms with Gasteiger partial charge in [-0.2, -0.15) is 0 Å². The molecule has 94 valence electrons. The fourth-order valence-electron chi connectivity index (χ4n) is 1.15. The Morgan fingerprint density at radius 3 is 2.82 bits per heavy atom. The first kappa shape index (κ1) is 14.7. The number of hydrogen-bond donors (Lipinski definition) is 1. The van der Waals surface area contributed by atoms with Crippen LogP contribution in [0.15, 0.2) is 23.1 Å². The van der Waals surface area contributed by atoms with Gasteiger partial charge in [-0.15, -0.1) is 11.8 Å². The Balaban J connectivity index is 2.50. The minimum absolute atomic E-state index is 0.0143. The maximum atomic E-state index is 11.6. The van der Waals surface area contributed by atoms with E-state index in [2.05, 4.69) is 5.32 Å². The first-order valence-electron chi connectivity index (χ1n) is 5.40. The standard InChI is InChI=1S/C12H15Cl2NOS/c1-3-8(2)15-12(16)7-17-11-6-9(13)4-5-10(11)14/h4-6,8H,3,7H2,1-2H3,(H,15,16)/t8-/m1/s1. The van der Waals surface area contributed by atoms with Crippen LogP contribution in [0.3, 0.4) is 0 Å². The molecule has 0 bridgehead atoms. The van der Waals surface area contributed by atoms with Crippen LogP contribution in [0, 0.1) is 0 Å². The summed E-state index contributed by atoms with van der Waals surface area (Å²) in [6.45, 7) is 4.01. The summed E-state index contributed by atoms with van der Waals surface area (Å²) in [4.78, 5) is 12.4. The Morgan fingerprint density at radius 2 is 2.18 bits per heavy atom. The molecule has 0 radical (unpaired) electrons. The van der Waals surface area contributed by atoms with Crippen LogP contribution < -0.4 is 5.32 Å². The monoisotopic (exact) mass is 291 g/mol. The molecule has 0 fully saturated rings. The Labute approximate surface area is 116 Å². The van der Waals surface area contributed by atoms with Crippen molar-refractivity contribution in [3.63, 3.8) is 0 Å². The molecule has 0 aliphatic rings. The number of nitrogens with one attached hydrogen (secondary N) is 1. The van der Waals surface area contributed by atoms with Gasteiger partial charge in [0.1, 0.15) is 0 Å². The van der Waals surface area contributed by atoms with Crippen molar-refractivity contribution in [1.29, 1.82) is 0 Å². The van der Waals surface area contributed by atoms with E-state index in [1.165, 1.54) is 11.8 Å². The third kappa shape index (κ3) is 5.19. The molecule has 0 heterocycles. The number of amides is 1. The van der Waals surface area contributed by atoms with Crippen LogP contribution >= 0.6 is 35.0 Å². The highest BCUT2D eigenvalue weighted by Gasteiger charge is 2.08. The minimum atomic E-state index is 0.0143. The summed E-state index contributed by atoms with van der Waals surface area (Å²) in [6, 6.07) is 5.44. The molecule has 0 spiro atoms. The zero-order valence-corrected chi connectivity index (χ0v) is 12.1. The highest BCUT2D eigenvalue weighted by atomic mass is 35.5. The van der Waals surface area contributed by atoms with E-state index in [1.54, 1.807) is 18.2 Å². The van der Waals surface area contributed by atoms with E-state index in [1.807, 2.05) is 13.8 Å². The first-order chi connectivity index (χ1) is 8.02. The van der Waals surface area contributed by atoms with Gasteiger partial charge in [0.25, 0.3) is 0 Å². The molecule has 1 aromatic rings. The fourth-order valence-corrected chi connectivity index (χ4v) is 2.45. The van der Waals surface area contributed by atoms with Gasteiger partial charge in [0, 0.05) is 16.0 Å². The van der Waals surface area contributed by atoms with E-state index in [0.29, 0.717) is 15.8 Å². The molecular weight excluding hydrogens is 277 g/mol. The van der Waals surface area contributed by atoms with Crippen molar-refractivity contribution in [3.05, 3.63) is 28.2 Å². The molecule has 0 saturated heterocycles. The predicted molar refractivity (Wildman–Crippen MR) is 75.1 cm³/mol. The highest BCUT2D eigenvalue weighted by Crippen LogP contribution is 2.29. The van der Waals surface area contributed by atoms with E-state index >= 15 is 0 Å². The number of halogens is 2. The molecule has 1 atom stereocenters. The number of carbonyl (C=O) groups is 1. The summed E-state index contributed by atoms with van der Waals surface area (Å²) in [5, 5.41) is 4.14. The number of rotatable bonds is 5. The molecule has 17 heavy (non-hydrogen) atoms. The fraction of sp³-hybridized carbons (Fsp3) is 0.417. The lowest BCUT2D eigenvalue weighted by atomic mass is 10.3. The second-order valence-electron chi connectivity index (χ2n) is 3.74. The van der Waals surface area contributed by atoms with Crippen LogP contribution in [0.4, 0.5) is 0 Å². The molecule has 1 amide bonds. The van der Waals surface area contributed by atoms with Crippen molar-refractivity contribution in [3.8, 4) is 0 Å². The zero-order valence-electron chi connectivity index (χ0n) is 9.80. The molecule has 0 aromatic heterocycles. The van der Waals surface area contributed by atoms with Crippen molar-refractivity contribution < 1.29 is 4.79 Å². The lowest BCUT2D eigenvalue weighted by Crippen LogP contribution is -2.33. The van der Waals surface area contributed by atoms with Crippen molar-refractivity contribution in [2.75, 3.05) is 5.75 Å². The van der Waals surface area contributed by atoms with Gasteiger partial charge in [-0.25, -0.2) is 0 Å². The van der Waals surface area contributed by atoms with Gasteiger partial charge in [0.2, 0.25) is 5.91 Å². The maximum Gasteiger partial charge on any atom is 0.230 e. The third-order valence-electron chi connectivity index (χ3n) is 2.27. The normalized spacial score (nSPS) is 12.2. The Hall–Kier alpha value is -0.380. The number of benzene rings is 1. The SMILES string of the molecule is CC[C@@H](C)NC(=O)CSc1cc(Cl)ccc1Cl. The van der Waals surface area contributed by atoms with E-state index in [4.69, 9.17) is 23.2 Å². The van der Waals surface area contributed by atoms with Gasteiger partial charge in [0.05, 0.1) is 10.8 Å². The second kappa shape index (κ2) is 7.14. The zero-order chi connectivity index (χ0) is 12.8. The average Bonchev–Trinajstić information content (AvgIpc) is 2.30. The van der Waals surface area contributed by atoms with Gasteiger partial charge < -0.3 is 5.32 Å².